The zero-order chi connectivity index (χ0) is 18.0. The molecule has 126 valence electrons. The number of aryl methyl sites for hydroxylation is 1. The average Bonchev–Trinajstić information content (AvgIpc) is 2.59. The van der Waals surface area contributed by atoms with E-state index in [1.165, 1.54) is 16.5 Å². The van der Waals surface area contributed by atoms with E-state index in [9.17, 15) is 14.0 Å². The summed E-state index contributed by atoms with van der Waals surface area (Å²) < 4.78 is 14.2. The lowest BCUT2D eigenvalue weighted by molar-refractivity contribution is 0.0955. The molecule has 0 spiro atoms. The van der Waals surface area contributed by atoms with E-state index >= 15 is 0 Å². The van der Waals surface area contributed by atoms with Gasteiger partial charge in [0.05, 0.1) is 11.8 Å². The molecule has 0 unspecified atom stereocenters. The minimum atomic E-state index is -0.544. The Labute approximate surface area is 146 Å². The highest BCUT2D eigenvalue weighted by molar-refractivity contribution is 6.32. The molecule has 1 aromatic carbocycles. The summed E-state index contributed by atoms with van der Waals surface area (Å²) in [7, 11) is 0. The van der Waals surface area contributed by atoms with Crippen LogP contribution in [-0.4, -0.2) is 21.5 Å². The fraction of sp³-hybridized carbons (Fsp3) is 0.0588. The summed E-state index contributed by atoms with van der Waals surface area (Å²) in [6.07, 6.45) is 2.77. The number of hydrogen-bond acceptors (Lipinski definition) is 4. The van der Waals surface area contributed by atoms with Crippen molar-refractivity contribution in [3.05, 3.63) is 80.6 Å². The molecule has 3 rings (SSSR count). The van der Waals surface area contributed by atoms with Crippen molar-refractivity contribution < 1.29 is 9.18 Å². The zero-order valence-electron chi connectivity index (χ0n) is 13.0. The predicted molar refractivity (Wildman–Crippen MR) is 92.7 cm³/mol. The van der Waals surface area contributed by atoms with Gasteiger partial charge in [-0.1, -0.05) is 17.7 Å². The first-order valence-corrected chi connectivity index (χ1v) is 7.61. The van der Waals surface area contributed by atoms with Gasteiger partial charge in [0.2, 0.25) is 0 Å². The van der Waals surface area contributed by atoms with Gasteiger partial charge in [-0.05, 0) is 42.8 Å². The highest BCUT2D eigenvalue weighted by Gasteiger charge is 2.10. The molecule has 6 nitrogen and oxygen atoms in total. The lowest BCUT2D eigenvalue weighted by Gasteiger charge is -2.04. The van der Waals surface area contributed by atoms with Crippen molar-refractivity contribution in [1.82, 2.24) is 14.8 Å². The second-order valence-corrected chi connectivity index (χ2v) is 5.62. The Balaban J connectivity index is 1.87. The molecule has 0 aliphatic rings. The number of fused-ring (bicyclic) bond motifs is 1. The molecular weight excluding hydrogens is 347 g/mol. The number of carbonyl (C=O) groups excluding carboxylic acids is 1. The van der Waals surface area contributed by atoms with Crippen molar-refractivity contribution in [2.75, 3.05) is 0 Å². The van der Waals surface area contributed by atoms with Gasteiger partial charge in [0.15, 0.2) is 0 Å². The van der Waals surface area contributed by atoms with E-state index in [1.807, 2.05) is 13.0 Å². The van der Waals surface area contributed by atoms with Gasteiger partial charge in [0.1, 0.15) is 16.6 Å². The van der Waals surface area contributed by atoms with Gasteiger partial charge < -0.3 is 0 Å². The minimum absolute atomic E-state index is 0.0198. The molecule has 8 heteroatoms. The molecule has 0 fully saturated rings. The molecular formula is C17H12ClFN4O2. The number of amides is 1. The third-order valence-corrected chi connectivity index (χ3v) is 3.71. The molecule has 25 heavy (non-hydrogen) atoms. The highest BCUT2D eigenvalue weighted by atomic mass is 35.5. The van der Waals surface area contributed by atoms with Crippen molar-refractivity contribution in [1.29, 1.82) is 0 Å². The third kappa shape index (κ3) is 3.56. The number of carbonyl (C=O) groups is 1. The maximum absolute atomic E-state index is 12.8. The quantitative estimate of drug-likeness (QED) is 0.444. The van der Waals surface area contributed by atoms with E-state index in [0.29, 0.717) is 5.65 Å². The van der Waals surface area contributed by atoms with Crippen LogP contribution in [0.4, 0.5) is 4.39 Å². The zero-order valence-corrected chi connectivity index (χ0v) is 13.8. The molecule has 0 bridgehead atoms. The standard InChI is InChI=1S/C17H12ClFN4O2/c1-10-2-7-14-21-15(18)13(17(25)23(14)9-10)8-20-22-16(24)11-3-5-12(19)6-4-11/h2-9H,1H3,(H,22,24)/b20-8+. The van der Waals surface area contributed by atoms with Gasteiger partial charge >= 0.3 is 0 Å². The molecule has 2 aromatic heterocycles. The third-order valence-electron chi connectivity index (χ3n) is 3.43. The van der Waals surface area contributed by atoms with Crippen molar-refractivity contribution >= 4 is 29.4 Å². The first kappa shape index (κ1) is 16.8. The van der Waals surface area contributed by atoms with E-state index in [1.54, 1.807) is 12.3 Å². The Morgan fingerprint density at radius 1 is 1.28 bits per heavy atom. The van der Waals surface area contributed by atoms with Crippen LogP contribution in [0, 0.1) is 12.7 Å². The lowest BCUT2D eigenvalue weighted by atomic mass is 10.2. The SMILES string of the molecule is Cc1ccc2nc(Cl)c(/C=N/NC(=O)c3ccc(F)cc3)c(=O)n2c1. The topological polar surface area (TPSA) is 75.8 Å². The molecule has 0 saturated carbocycles. The summed E-state index contributed by atoms with van der Waals surface area (Å²) >= 11 is 6.03. The van der Waals surface area contributed by atoms with Crippen molar-refractivity contribution in [3.63, 3.8) is 0 Å². The first-order chi connectivity index (χ1) is 12.0. The Hall–Kier alpha value is -3.06. The number of pyridine rings is 1. The minimum Gasteiger partial charge on any atom is -0.268 e. The monoisotopic (exact) mass is 358 g/mol. The van der Waals surface area contributed by atoms with Gasteiger partial charge in [-0.25, -0.2) is 14.8 Å². The molecule has 1 amide bonds. The van der Waals surface area contributed by atoms with Crippen LogP contribution in [0.25, 0.3) is 5.65 Å². The van der Waals surface area contributed by atoms with Crippen LogP contribution in [0.3, 0.4) is 0 Å². The van der Waals surface area contributed by atoms with Crippen LogP contribution >= 0.6 is 11.6 Å². The van der Waals surface area contributed by atoms with E-state index in [-0.39, 0.29) is 16.3 Å². The largest absolute Gasteiger partial charge is 0.271 e. The fourth-order valence-electron chi connectivity index (χ4n) is 2.16. The molecule has 0 aliphatic carbocycles. The number of halogens is 2. The smallest absolute Gasteiger partial charge is 0.268 e. The molecule has 1 N–H and O–H groups in total. The molecule has 0 aliphatic heterocycles. The van der Waals surface area contributed by atoms with Crippen LogP contribution in [-0.2, 0) is 0 Å². The second kappa shape index (κ2) is 6.82. The van der Waals surface area contributed by atoms with E-state index < -0.39 is 17.3 Å². The van der Waals surface area contributed by atoms with Gasteiger partial charge in [0.25, 0.3) is 11.5 Å². The molecule has 0 radical (unpaired) electrons. The number of benzene rings is 1. The second-order valence-electron chi connectivity index (χ2n) is 5.26. The summed E-state index contributed by atoms with van der Waals surface area (Å²) in [6, 6.07) is 8.47. The predicted octanol–water partition coefficient (Wildman–Crippen LogP) is 2.56. The van der Waals surface area contributed by atoms with Crippen LogP contribution in [0.1, 0.15) is 21.5 Å². The van der Waals surface area contributed by atoms with Crippen molar-refractivity contribution in [2.45, 2.75) is 6.92 Å². The fourth-order valence-corrected chi connectivity index (χ4v) is 2.38. The Morgan fingerprint density at radius 2 is 2.00 bits per heavy atom. The Kier molecular flexibility index (Phi) is 4.58. The normalized spacial score (nSPS) is 11.2. The first-order valence-electron chi connectivity index (χ1n) is 7.23. The number of nitrogens with zero attached hydrogens (tertiary/aromatic N) is 3. The highest BCUT2D eigenvalue weighted by Crippen LogP contribution is 2.10. The number of rotatable bonds is 3. The maximum atomic E-state index is 12.8. The number of hydrazone groups is 1. The lowest BCUT2D eigenvalue weighted by Crippen LogP contribution is -2.22. The summed E-state index contributed by atoms with van der Waals surface area (Å²) in [4.78, 5) is 28.5. The molecule has 3 aromatic rings. The summed E-state index contributed by atoms with van der Waals surface area (Å²) in [5.74, 6) is -0.991. The van der Waals surface area contributed by atoms with Crippen LogP contribution in [0.15, 0.2) is 52.5 Å². The van der Waals surface area contributed by atoms with Gasteiger partial charge in [-0.2, -0.15) is 5.10 Å². The van der Waals surface area contributed by atoms with E-state index in [4.69, 9.17) is 11.6 Å². The van der Waals surface area contributed by atoms with E-state index in [0.717, 1.165) is 23.9 Å². The van der Waals surface area contributed by atoms with Gasteiger partial charge in [-0.15, -0.1) is 0 Å². The summed E-state index contributed by atoms with van der Waals surface area (Å²) in [5.41, 5.74) is 3.42. The molecule has 2 heterocycles. The Morgan fingerprint density at radius 3 is 2.72 bits per heavy atom. The molecule has 0 atom stereocenters. The van der Waals surface area contributed by atoms with Crippen LogP contribution in [0.2, 0.25) is 5.15 Å². The van der Waals surface area contributed by atoms with Gasteiger partial charge in [-0.3, -0.25) is 14.0 Å². The van der Waals surface area contributed by atoms with Gasteiger partial charge in [0, 0.05) is 11.8 Å². The van der Waals surface area contributed by atoms with Crippen LogP contribution in [0.5, 0.6) is 0 Å². The maximum Gasteiger partial charge on any atom is 0.271 e. The molecule has 0 saturated heterocycles. The summed E-state index contributed by atoms with van der Waals surface area (Å²) in [5, 5.41) is 3.72. The Bertz CT molecular complexity index is 1040. The number of hydrogen-bond donors (Lipinski definition) is 1. The average molecular weight is 359 g/mol. The van der Waals surface area contributed by atoms with E-state index in [2.05, 4.69) is 15.5 Å². The van der Waals surface area contributed by atoms with Crippen LogP contribution < -0.4 is 11.0 Å². The number of aromatic nitrogens is 2. The van der Waals surface area contributed by atoms with Crippen molar-refractivity contribution in [2.24, 2.45) is 5.10 Å². The van der Waals surface area contributed by atoms with Crippen molar-refractivity contribution in [3.8, 4) is 0 Å². The summed E-state index contributed by atoms with van der Waals surface area (Å²) in [6.45, 7) is 1.84. The number of nitrogens with one attached hydrogen (secondary N) is 1.